The number of amides is 1. The molecule has 0 spiro atoms. The zero-order chi connectivity index (χ0) is 18.8. The molecule has 1 aromatic heterocycles. The fourth-order valence-corrected chi connectivity index (χ4v) is 3.27. The lowest BCUT2D eigenvalue weighted by molar-refractivity contribution is -0.130. The van der Waals surface area contributed by atoms with Gasteiger partial charge in [0.2, 0.25) is 5.91 Å². The first-order valence-corrected chi connectivity index (χ1v) is 8.54. The molecule has 1 amide bonds. The molecule has 0 aliphatic carbocycles. The number of phenols is 1. The summed E-state index contributed by atoms with van der Waals surface area (Å²) in [6.07, 6.45) is 0.759. The number of ether oxygens (including phenoxy) is 1. The van der Waals surface area contributed by atoms with Crippen molar-refractivity contribution in [3.63, 3.8) is 0 Å². The maximum Gasteiger partial charge on any atom is 0.252 e. The lowest BCUT2D eigenvalue weighted by Crippen LogP contribution is -2.35. The van der Waals surface area contributed by atoms with E-state index in [4.69, 9.17) is 22.7 Å². The number of H-pyrrole nitrogens is 1. The molecule has 3 rings (SSSR count). The first kappa shape index (κ1) is 18.2. The van der Waals surface area contributed by atoms with Crippen LogP contribution in [0.1, 0.15) is 6.42 Å². The topological polar surface area (TPSA) is 114 Å². The first-order valence-electron chi connectivity index (χ1n) is 8.14. The number of nitrogens with zero attached hydrogens (tertiary/aromatic N) is 2. The van der Waals surface area contributed by atoms with Crippen LogP contribution in [0.5, 0.6) is 11.5 Å². The molecule has 9 heteroatoms. The number of aromatic nitrogens is 2. The third-order valence-electron chi connectivity index (χ3n) is 4.39. The molecule has 0 bridgehead atoms. The van der Waals surface area contributed by atoms with Gasteiger partial charge in [-0.1, -0.05) is 0 Å². The van der Waals surface area contributed by atoms with Crippen molar-refractivity contribution in [2.45, 2.75) is 19.0 Å². The number of aromatic amines is 1. The third-order valence-corrected chi connectivity index (χ3v) is 4.71. The molecule has 1 fully saturated rings. The van der Waals surface area contributed by atoms with Gasteiger partial charge in [0.1, 0.15) is 18.0 Å². The van der Waals surface area contributed by atoms with Gasteiger partial charge in [-0.05, 0) is 30.8 Å². The fourth-order valence-electron chi connectivity index (χ4n) is 3.00. The highest BCUT2D eigenvalue weighted by Crippen LogP contribution is 2.32. The molecule has 2 aromatic rings. The van der Waals surface area contributed by atoms with Crippen molar-refractivity contribution in [3.05, 3.63) is 39.4 Å². The SMILES string of the molecule is COc1ccc(-c2cc(=O)[nH]c(=S)n2CC(=O)N2CCC(N)C2)c(O)c1. The molecule has 1 atom stereocenters. The molecular weight excluding hydrogens is 356 g/mol. The molecule has 1 aromatic carbocycles. The number of nitrogens with two attached hydrogens (primary N) is 1. The quantitative estimate of drug-likeness (QED) is 0.682. The Bertz CT molecular complexity index is 953. The van der Waals surface area contributed by atoms with Gasteiger partial charge in [-0.25, -0.2) is 0 Å². The molecule has 138 valence electrons. The van der Waals surface area contributed by atoms with Crippen molar-refractivity contribution < 1.29 is 14.6 Å². The second kappa shape index (κ2) is 7.30. The van der Waals surface area contributed by atoms with E-state index in [-0.39, 0.29) is 29.0 Å². The van der Waals surface area contributed by atoms with Crippen molar-refractivity contribution in [1.82, 2.24) is 14.5 Å². The maximum absolute atomic E-state index is 12.6. The van der Waals surface area contributed by atoms with Crippen molar-refractivity contribution in [1.29, 1.82) is 0 Å². The Labute approximate surface area is 154 Å². The second-order valence-electron chi connectivity index (χ2n) is 6.18. The summed E-state index contributed by atoms with van der Waals surface area (Å²) < 4.78 is 6.69. The second-order valence-corrected chi connectivity index (χ2v) is 6.57. The zero-order valence-corrected chi connectivity index (χ0v) is 15.1. The minimum atomic E-state index is -0.410. The fraction of sp³-hybridized carbons (Fsp3) is 0.353. The Morgan fingerprint density at radius 3 is 2.85 bits per heavy atom. The molecule has 1 aliphatic rings. The lowest BCUT2D eigenvalue weighted by Gasteiger charge is -2.19. The molecule has 0 radical (unpaired) electrons. The summed E-state index contributed by atoms with van der Waals surface area (Å²) in [7, 11) is 1.49. The average Bonchev–Trinajstić information content (AvgIpc) is 3.03. The van der Waals surface area contributed by atoms with Crippen LogP contribution in [-0.2, 0) is 11.3 Å². The van der Waals surface area contributed by atoms with E-state index in [1.807, 2.05) is 0 Å². The van der Waals surface area contributed by atoms with Gasteiger partial charge >= 0.3 is 0 Å². The van der Waals surface area contributed by atoms with Crippen LogP contribution in [0.2, 0.25) is 0 Å². The molecule has 1 saturated heterocycles. The van der Waals surface area contributed by atoms with E-state index in [9.17, 15) is 14.7 Å². The van der Waals surface area contributed by atoms with Gasteiger partial charge in [0, 0.05) is 36.8 Å². The van der Waals surface area contributed by atoms with E-state index in [1.165, 1.54) is 23.8 Å². The molecule has 0 saturated carbocycles. The Hall–Kier alpha value is -2.65. The highest BCUT2D eigenvalue weighted by molar-refractivity contribution is 7.71. The number of methoxy groups -OCH3 is 1. The Morgan fingerprint density at radius 2 is 2.23 bits per heavy atom. The van der Waals surface area contributed by atoms with Crippen LogP contribution < -0.4 is 16.0 Å². The zero-order valence-electron chi connectivity index (χ0n) is 14.3. The van der Waals surface area contributed by atoms with E-state index in [0.29, 0.717) is 30.1 Å². The molecule has 26 heavy (non-hydrogen) atoms. The number of hydrogen-bond donors (Lipinski definition) is 3. The predicted molar refractivity (Wildman–Crippen MR) is 98.7 cm³/mol. The predicted octanol–water partition coefficient (Wildman–Crippen LogP) is 0.847. The maximum atomic E-state index is 12.6. The van der Waals surface area contributed by atoms with Crippen LogP contribution >= 0.6 is 12.2 Å². The monoisotopic (exact) mass is 376 g/mol. The highest BCUT2D eigenvalue weighted by atomic mass is 32.1. The number of hydrogen-bond acceptors (Lipinski definition) is 6. The number of benzene rings is 1. The van der Waals surface area contributed by atoms with Gasteiger partial charge < -0.3 is 25.0 Å². The Kier molecular flexibility index (Phi) is 5.10. The van der Waals surface area contributed by atoms with Gasteiger partial charge in [0.15, 0.2) is 4.77 Å². The number of aromatic hydroxyl groups is 1. The van der Waals surface area contributed by atoms with Crippen molar-refractivity contribution >= 4 is 18.1 Å². The first-order chi connectivity index (χ1) is 12.4. The van der Waals surface area contributed by atoms with Crippen LogP contribution in [0.3, 0.4) is 0 Å². The summed E-state index contributed by atoms with van der Waals surface area (Å²) in [5.41, 5.74) is 6.19. The molecule has 1 aliphatic heterocycles. The van der Waals surface area contributed by atoms with E-state index in [1.54, 1.807) is 17.0 Å². The lowest BCUT2D eigenvalue weighted by atomic mass is 10.1. The van der Waals surface area contributed by atoms with Crippen LogP contribution in [0.4, 0.5) is 0 Å². The number of carbonyl (C=O) groups excluding carboxylic acids is 1. The summed E-state index contributed by atoms with van der Waals surface area (Å²) in [6.45, 7) is 1.04. The van der Waals surface area contributed by atoms with Crippen molar-refractivity contribution in [3.8, 4) is 22.8 Å². The van der Waals surface area contributed by atoms with Crippen molar-refractivity contribution in [2.75, 3.05) is 20.2 Å². The summed E-state index contributed by atoms with van der Waals surface area (Å²) in [4.78, 5) is 28.7. The van der Waals surface area contributed by atoms with Gasteiger partial charge in [0.25, 0.3) is 5.56 Å². The third kappa shape index (κ3) is 3.63. The van der Waals surface area contributed by atoms with Gasteiger partial charge in [-0.2, -0.15) is 0 Å². The minimum absolute atomic E-state index is 0.0207. The molecular formula is C17H20N4O4S. The number of nitrogens with one attached hydrogen (secondary N) is 1. The van der Waals surface area contributed by atoms with Crippen molar-refractivity contribution in [2.24, 2.45) is 5.73 Å². The summed E-state index contributed by atoms with van der Waals surface area (Å²) >= 11 is 5.24. The van der Waals surface area contributed by atoms with Crippen LogP contribution in [0, 0.1) is 4.77 Å². The van der Waals surface area contributed by atoms with Crippen LogP contribution in [0.25, 0.3) is 11.3 Å². The van der Waals surface area contributed by atoms with Gasteiger partial charge in [-0.3, -0.25) is 14.6 Å². The molecule has 8 nitrogen and oxygen atoms in total. The summed E-state index contributed by atoms with van der Waals surface area (Å²) in [6, 6.07) is 5.99. The summed E-state index contributed by atoms with van der Waals surface area (Å²) in [5, 5.41) is 10.3. The normalized spacial score (nSPS) is 16.7. The standard InChI is InChI=1S/C17H20N4O4S/c1-25-11-2-3-12(14(22)6-11)13-7-15(23)19-17(26)21(13)9-16(24)20-5-4-10(18)8-20/h2-3,6-7,10,22H,4-5,8-9,18H2,1H3,(H,19,23,26). The van der Waals surface area contributed by atoms with E-state index < -0.39 is 5.56 Å². The Morgan fingerprint density at radius 1 is 1.46 bits per heavy atom. The highest BCUT2D eigenvalue weighted by Gasteiger charge is 2.24. The van der Waals surface area contributed by atoms with Gasteiger partial charge in [0.05, 0.1) is 12.8 Å². The van der Waals surface area contributed by atoms with E-state index >= 15 is 0 Å². The van der Waals surface area contributed by atoms with Gasteiger partial charge in [-0.15, -0.1) is 0 Å². The number of carbonyl (C=O) groups is 1. The largest absolute Gasteiger partial charge is 0.507 e. The minimum Gasteiger partial charge on any atom is -0.507 e. The van der Waals surface area contributed by atoms with E-state index in [2.05, 4.69) is 4.98 Å². The Balaban J connectivity index is 2.02. The van der Waals surface area contributed by atoms with Crippen LogP contribution in [-0.4, -0.2) is 51.7 Å². The number of phenolic OH excluding ortho intramolecular Hbond substituents is 1. The number of likely N-dealkylation sites (tertiary alicyclic amines) is 1. The molecule has 2 heterocycles. The van der Waals surface area contributed by atoms with Crippen LogP contribution in [0.15, 0.2) is 29.1 Å². The van der Waals surface area contributed by atoms with E-state index in [0.717, 1.165) is 6.42 Å². The average molecular weight is 376 g/mol. The molecule has 1 unspecified atom stereocenters. The summed E-state index contributed by atoms with van der Waals surface area (Å²) in [5.74, 6) is 0.257. The number of rotatable bonds is 4. The molecule has 4 N–H and O–H groups in total. The smallest absolute Gasteiger partial charge is 0.252 e.